The minimum absolute atomic E-state index is 0.0258. The van der Waals surface area contributed by atoms with Crippen molar-refractivity contribution in [3.63, 3.8) is 0 Å². The summed E-state index contributed by atoms with van der Waals surface area (Å²) in [7, 11) is 0. The first-order valence-electron chi connectivity index (χ1n) is 6.54. The van der Waals surface area contributed by atoms with E-state index < -0.39 is 42.3 Å². The van der Waals surface area contributed by atoms with Crippen molar-refractivity contribution in [3.05, 3.63) is 24.0 Å². The zero-order valence-corrected chi connectivity index (χ0v) is 12.2. The first kappa shape index (κ1) is 18.7. The minimum Gasteiger partial charge on any atom is -0.481 e. The first-order valence-corrected chi connectivity index (χ1v) is 6.54. The molecule has 1 rings (SSSR count). The number of hydrogen-bond acceptors (Lipinski definition) is 6. The largest absolute Gasteiger partial charge is 0.481 e. The molecule has 0 aromatic carbocycles. The summed E-state index contributed by atoms with van der Waals surface area (Å²) < 4.78 is 12.5. The van der Waals surface area contributed by atoms with Crippen LogP contribution in [-0.4, -0.2) is 63.2 Å². The van der Waals surface area contributed by atoms with Gasteiger partial charge in [-0.3, -0.25) is 9.59 Å². The molecule has 1 aromatic rings. The van der Waals surface area contributed by atoms with Crippen LogP contribution in [0.25, 0.3) is 0 Å². The smallest absolute Gasteiger partial charge is 0.326 e. The molecule has 3 amide bonds. The fraction of sp³-hybridized carbons (Fsp3) is 0.333. The van der Waals surface area contributed by atoms with Gasteiger partial charge in [0.1, 0.15) is 11.7 Å². The van der Waals surface area contributed by atoms with Crippen LogP contribution >= 0.6 is 0 Å². The molecule has 0 aliphatic rings. The molecule has 1 atom stereocenters. The Morgan fingerprint density at radius 3 is 2.29 bits per heavy atom. The highest BCUT2D eigenvalue weighted by Crippen LogP contribution is 1.94. The summed E-state index contributed by atoms with van der Waals surface area (Å²) in [6.07, 6.45) is 0.936. The van der Waals surface area contributed by atoms with E-state index in [1.54, 1.807) is 0 Å². The monoisotopic (exact) mass is 342 g/mol. The van der Waals surface area contributed by atoms with Crippen LogP contribution in [0.15, 0.2) is 12.4 Å². The standard InChI is InChI=1S/C12H14FN5O6/c13-8-5-16-7(4-17-8)10(21)14-1-2-15-12(24)18-6(11(22)23)3-9(19)20/h4-6H,1-3H2,(H,14,21)(H,19,20)(H,22,23)(H2,15,18,24)/t6-/m0/s1/i13-1. The third kappa shape index (κ3) is 6.64. The van der Waals surface area contributed by atoms with Crippen LogP contribution in [0, 0.1) is 5.95 Å². The van der Waals surface area contributed by atoms with Gasteiger partial charge in [-0.2, -0.15) is 4.39 Å². The van der Waals surface area contributed by atoms with Crippen LogP contribution in [0.1, 0.15) is 16.9 Å². The lowest BCUT2D eigenvalue weighted by Gasteiger charge is -2.13. The van der Waals surface area contributed by atoms with Gasteiger partial charge in [-0.15, -0.1) is 0 Å². The van der Waals surface area contributed by atoms with Crippen molar-refractivity contribution in [1.29, 1.82) is 0 Å². The number of hydrogen-bond donors (Lipinski definition) is 5. The van der Waals surface area contributed by atoms with Gasteiger partial charge in [0.2, 0.25) is 5.95 Å². The Labute approximate surface area is 134 Å². The van der Waals surface area contributed by atoms with Crippen molar-refractivity contribution in [2.75, 3.05) is 13.1 Å². The van der Waals surface area contributed by atoms with Crippen LogP contribution in [0.3, 0.4) is 0 Å². The van der Waals surface area contributed by atoms with E-state index in [0.717, 1.165) is 12.4 Å². The summed E-state index contributed by atoms with van der Waals surface area (Å²) in [5, 5.41) is 23.9. The third-order valence-corrected chi connectivity index (χ3v) is 2.53. The molecule has 0 fully saturated rings. The molecule has 5 N–H and O–H groups in total. The van der Waals surface area contributed by atoms with E-state index >= 15 is 0 Å². The Hall–Kier alpha value is -3.31. The van der Waals surface area contributed by atoms with Gasteiger partial charge in [0.05, 0.1) is 18.8 Å². The molecule has 11 nitrogen and oxygen atoms in total. The second-order valence-corrected chi connectivity index (χ2v) is 4.37. The number of rotatable bonds is 8. The Balaban J connectivity index is 2.32. The van der Waals surface area contributed by atoms with Crippen LogP contribution in [0.2, 0.25) is 0 Å². The maximum absolute atomic E-state index is 12.5. The number of aliphatic carboxylic acids is 2. The van der Waals surface area contributed by atoms with Crippen molar-refractivity contribution in [2.45, 2.75) is 12.5 Å². The average molecular weight is 342 g/mol. The fourth-order valence-electron chi connectivity index (χ4n) is 1.46. The summed E-state index contributed by atoms with van der Waals surface area (Å²) in [4.78, 5) is 51.0. The quantitative estimate of drug-likeness (QED) is 0.358. The van der Waals surface area contributed by atoms with E-state index in [4.69, 9.17) is 10.2 Å². The van der Waals surface area contributed by atoms with E-state index in [-0.39, 0.29) is 18.8 Å². The molecule has 0 bridgehead atoms. The molecule has 0 saturated carbocycles. The molecule has 0 aliphatic heterocycles. The van der Waals surface area contributed by atoms with Gasteiger partial charge in [-0.1, -0.05) is 0 Å². The molecule has 12 heteroatoms. The number of amides is 3. The van der Waals surface area contributed by atoms with Gasteiger partial charge in [-0.05, 0) is 0 Å². The molecule has 0 unspecified atom stereocenters. The van der Waals surface area contributed by atoms with Gasteiger partial charge in [0.15, 0.2) is 0 Å². The molecule has 0 spiro atoms. The first-order chi connectivity index (χ1) is 11.3. The third-order valence-electron chi connectivity index (χ3n) is 2.53. The summed E-state index contributed by atoms with van der Waals surface area (Å²) in [6.45, 7) is -0.0897. The molecule has 24 heavy (non-hydrogen) atoms. The van der Waals surface area contributed by atoms with Crippen LogP contribution < -0.4 is 16.0 Å². The van der Waals surface area contributed by atoms with E-state index in [2.05, 4.69) is 20.6 Å². The van der Waals surface area contributed by atoms with Gasteiger partial charge in [0.25, 0.3) is 5.91 Å². The van der Waals surface area contributed by atoms with Crippen LogP contribution in [0.5, 0.6) is 0 Å². The second-order valence-electron chi connectivity index (χ2n) is 4.37. The second kappa shape index (κ2) is 8.97. The fourth-order valence-corrected chi connectivity index (χ4v) is 1.46. The summed E-state index contributed by atoms with van der Waals surface area (Å²) in [5.74, 6) is -4.34. The lowest BCUT2D eigenvalue weighted by atomic mass is 10.2. The number of urea groups is 1. The van der Waals surface area contributed by atoms with Crippen molar-refractivity contribution < 1.29 is 33.8 Å². The van der Waals surface area contributed by atoms with Crippen LogP contribution in [0.4, 0.5) is 9.18 Å². The molecule has 130 valence electrons. The van der Waals surface area contributed by atoms with Gasteiger partial charge < -0.3 is 26.2 Å². The van der Waals surface area contributed by atoms with Crippen molar-refractivity contribution in [2.24, 2.45) is 0 Å². The normalized spacial score (nSPS) is 11.2. The highest BCUT2D eigenvalue weighted by Gasteiger charge is 2.22. The number of carboxylic acid groups (broad SMARTS) is 2. The number of nitrogens with one attached hydrogen (secondary N) is 3. The topological polar surface area (TPSA) is 171 Å². The van der Waals surface area contributed by atoms with E-state index in [9.17, 15) is 23.6 Å². The van der Waals surface area contributed by atoms with Crippen molar-refractivity contribution >= 4 is 23.9 Å². The SMILES string of the molecule is O=C(O)C[C@H](NC(=O)NCCNC(=O)c1cnc([18F])cn1)C(=O)O. The van der Waals surface area contributed by atoms with E-state index in [1.807, 2.05) is 5.32 Å². The summed E-state index contributed by atoms with van der Waals surface area (Å²) in [6, 6.07) is -2.48. The molecule has 0 aliphatic carbocycles. The Morgan fingerprint density at radius 2 is 1.75 bits per heavy atom. The molecule has 1 heterocycles. The summed E-state index contributed by atoms with van der Waals surface area (Å²) in [5.41, 5.74) is -0.117. The average Bonchev–Trinajstić information content (AvgIpc) is 2.50. The number of carbonyl (C=O) groups is 4. The van der Waals surface area contributed by atoms with Gasteiger partial charge in [0, 0.05) is 13.1 Å². The molecule has 1 aromatic heterocycles. The van der Waals surface area contributed by atoms with Gasteiger partial charge in [-0.25, -0.2) is 19.6 Å². The predicted molar refractivity (Wildman–Crippen MR) is 74.5 cm³/mol. The molecule has 0 saturated heterocycles. The maximum Gasteiger partial charge on any atom is 0.326 e. The maximum atomic E-state index is 12.5. The van der Waals surface area contributed by atoms with Crippen molar-refractivity contribution in [1.82, 2.24) is 25.9 Å². The Bertz CT molecular complexity index is 623. The number of carbonyl (C=O) groups excluding carboxylic acids is 2. The zero-order valence-electron chi connectivity index (χ0n) is 12.2. The van der Waals surface area contributed by atoms with E-state index in [1.165, 1.54) is 0 Å². The highest BCUT2D eigenvalue weighted by molar-refractivity contribution is 5.91. The lowest BCUT2D eigenvalue weighted by molar-refractivity contribution is -0.145. The van der Waals surface area contributed by atoms with Crippen molar-refractivity contribution in [3.8, 4) is 0 Å². The minimum atomic E-state index is -1.58. The predicted octanol–water partition coefficient (Wildman–Crippen LogP) is -1.43. The summed E-state index contributed by atoms with van der Waals surface area (Å²) >= 11 is 0. The Morgan fingerprint density at radius 1 is 1.08 bits per heavy atom. The molecular formula is C12H14FN5O6. The lowest BCUT2D eigenvalue weighted by Crippen LogP contribution is -2.48. The highest BCUT2D eigenvalue weighted by atomic mass is 18.2. The van der Waals surface area contributed by atoms with E-state index in [0.29, 0.717) is 0 Å². The number of halogens is 1. The van der Waals surface area contributed by atoms with Gasteiger partial charge >= 0.3 is 18.0 Å². The number of carboxylic acids is 2. The number of nitrogens with zero attached hydrogens (tertiary/aromatic N) is 2. The molecule has 0 radical (unpaired) electrons. The zero-order chi connectivity index (χ0) is 18.1. The number of aromatic nitrogens is 2. The molecular weight excluding hydrogens is 328 g/mol. The Kier molecular flexibility index (Phi) is 7.00. The van der Waals surface area contributed by atoms with Crippen LogP contribution in [-0.2, 0) is 9.59 Å².